The van der Waals surface area contributed by atoms with Crippen LogP contribution in [0.15, 0.2) is 0 Å². The van der Waals surface area contributed by atoms with Crippen LogP contribution in [0.3, 0.4) is 0 Å². The molecule has 0 rings (SSSR count). The first-order valence-corrected chi connectivity index (χ1v) is 9.52. The number of rotatable bonds is 16. The van der Waals surface area contributed by atoms with Gasteiger partial charge in [0, 0.05) is 0 Å². The molecule has 0 aliphatic heterocycles. The quantitative estimate of drug-likeness (QED) is 0.289. The van der Waals surface area contributed by atoms with Gasteiger partial charge in [0.1, 0.15) is 0 Å². The zero-order chi connectivity index (χ0) is 17.2. The highest BCUT2D eigenvalue weighted by Gasteiger charge is 2.08. The molecule has 136 valence electrons. The van der Waals surface area contributed by atoms with Gasteiger partial charge in [0.2, 0.25) is 0 Å². The van der Waals surface area contributed by atoms with Crippen molar-refractivity contribution < 1.29 is 19.1 Å². The lowest BCUT2D eigenvalue weighted by Crippen LogP contribution is -2.11. The van der Waals surface area contributed by atoms with Gasteiger partial charge in [-0.3, -0.25) is 9.59 Å². The minimum atomic E-state index is -0.294. The van der Waals surface area contributed by atoms with E-state index in [1.54, 1.807) is 0 Å². The second-order valence-electron chi connectivity index (χ2n) is 6.12. The van der Waals surface area contributed by atoms with Crippen molar-refractivity contribution in [2.75, 3.05) is 13.2 Å². The summed E-state index contributed by atoms with van der Waals surface area (Å²) in [6.07, 6.45) is 12.9. The van der Waals surface area contributed by atoms with Crippen LogP contribution in [0.2, 0.25) is 0 Å². The molecule has 4 heteroatoms. The number of hydrogen-bond donors (Lipinski definition) is 0. The first kappa shape index (κ1) is 21.9. The summed E-state index contributed by atoms with van der Waals surface area (Å²) in [5, 5.41) is 0. The molecule has 0 saturated heterocycles. The average Bonchev–Trinajstić information content (AvgIpc) is 2.55. The van der Waals surface area contributed by atoms with Crippen LogP contribution < -0.4 is 0 Å². The molecule has 23 heavy (non-hydrogen) atoms. The van der Waals surface area contributed by atoms with Crippen molar-refractivity contribution in [2.24, 2.45) is 0 Å². The molecule has 0 aliphatic rings. The van der Waals surface area contributed by atoms with E-state index in [1.807, 2.05) is 0 Å². The first-order chi connectivity index (χ1) is 11.2. The van der Waals surface area contributed by atoms with Gasteiger partial charge >= 0.3 is 11.9 Å². The zero-order valence-corrected chi connectivity index (χ0v) is 15.2. The van der Waals surface area contributed by atoms with Crippen LogP contribution in [0, 0.1) is 0 Å². The van der Waals surface area contributed by atoms with Gasteiger partial charge in [-0.15, -0.1) is 0 Å². The van der Waals surface area contributed by atoms with E-state index in [-0.39, 0.29) is 24.8 Å². The highest BCUT2D eigenvalue weighted by atomic mass is 16.5. The van der Waals surface area contributed by atoms with Crippen LogP contribution in [-0.2, 0) is 19.1 Å². The number of carbonyl (C=O) groups excluding carboxylic acids is 2. The molecule has 0 saturated carbocycles. The monoisotopic (exact) mass is 328 g/mol. The summed E-state index contributed by atoms with van der Waals surface area (Å²) >= 11 is 0. The van der Waals surface area contributed by atoms with E-state index < -0.39 is 0 Å². The van der Waals surface area contributed by atoms with Gasteiger partial charge in [0.15, 0.2) is 0 Å². The lowest BCUT2D eigenvalue weighted by molar-refractivity contribution is -0.150. The Morgan fingerprint density at radius 1 is 0.565 bits per heavy atom. The summed E-state index contributed by atoms with van der Waals surface area (Å²) < 4.78 is 10.2. The molecule has 0 spiro atoms. The second kappa shape index (κ2) is 17.3. The molecule has 0 fully saturated rings. The molecule has 0 aliphatic carbocycles. The zero-order valence-electron chi connectivity index (χ0n) is 15.2. The second-order valence-corrected chi connectivity index (χ2v) is 6.12. The van der Waals surface area contributed by atoms with Crippen LogP contribution in [0.4, 0.5) is 0 Å². The number of unbranched alkanes of at least 4 members (excludes halogenated alkanes) is 9. The summed E-state index contributed by atoms with van der Waals surface area (Å²) in [6, 6.07) is 0. The lowest BCUT2D eigenvalue weighted by Gasteiger charge is -2.06. The Labute approximate surface area is 142 Å². The predicted molar refractivity (Wildman–Crippen MR) is 93.3 cm³/mol. The number of carbonyl (C=O) groups is 2. The Morgan fingerprint density at radius 2 is 0.913 bits per heavy atom. The van der Waals surface area contributed by atoms with Gasteiger partial charge in [-0.25, -0.2) is 0 Å². The SMILES string of the molecule is CCCCCCCCOC(=O)CCC(=O)OCCCCCCC. The van der Waals surface area contributed by atoms with Crippen LogP contribution in [0.1, 0.15) is 97.3 Å². The van der Waals surface area contributed by atoms with Gasteiger partial charge in [-0.2, -0.15) is 0 Å². The van der Waals surface area contributed by atoms with Crippen molar-refractivity contribution >= 4 is 11.9 Å². The molecule has 0 unspecified atom stereocenters. The fourth-order valence-corrected chi connectivity index (χ4v) is 2.31. The number of ether oxygens (including phenoxy) is 2. The summed E-state index contributed by atoms with van der Waals surface area (Å²) in [5.41, 5.74) is 0. The Balaban J connectivity index is 3.35. The number of esters is 2. The van der Waals surface area contributed by atoms with E-state index in [0.717, 1.165) is 25.7 Å². The standard InChI is InChI=1S/C19H36O4/c1-3-5-7-9-11-13-17-23-19(21)15-14-18(20)22-16-12-10-8-6-4-2/h3-17H2,1-2H3. The Hall–Kier alpha value is -1.06. The summed E-state index contributed by atoms with van der Waals surface area (Å²) in [7, 11) is 0. The third kappa shape index (κ3) is 17.1. The normalized spacial score (nSPS) is 10.5. The molecule has 0 bridgehead atoms. The van der Waals surface area contributed by atoms with E-state index in [2.05, 4.69) is 13.8 Å². The minimum Gasteiger partial charge on any atom is -0.466 e. The van der Waals surface area contributed by atoms with Gasteiger partial charge in [-0.1, -0.05) is 71.6 Å². The van der Waals surface area contributed by atoms with E-state index in [9.17, 15) is 9.59 Å². The third-order valence-corrected chi connectivity index (χ3v) is 3.81. The molecule has 0 N–H and O–H groups in total. The smallest absolute Gasteiger partial charge is 0.306 e. The van der Waals surface area contributed by atoms with E-state index in [4.69, 9.17) is 9.47 Å². The Bertz CT molecular complexity index is 289. The topological polar surface area (TPSA) is 52.6 Å². The third-order valence-electron chi connectivity index (χ3n) is 3.81. The maximum Gasteiger partial charge on any atom is 0.306 e. The highest BCUT2D eigenvalue weighted by Crippen LogP contribution is 2.06. The first-order valence-electron chi connectivity index (χ1n) is 9.52. The van der Waals surface area contributed by atoms with E-state index in [0.29, 0.717) is 13.2 Å². The van der Waals surface area contributed by atoms with Crippen LogP contribution >= 0.6 is 0 Å². The van der Waals surface area contributed by atoms with Gasteiger partial charge in [0.25, 0.3) is 0 Å². The average molecular weight is 328 g/mol. The molecule has 0 atom stereocenters. The summed E-state index contributed by atoms with van der Waals surface area (Å²) in [6.45, 7) is 5.30. The molecule has 0 heterocycles. The van der Waals surface area contributed by atoms with Crippen molar-refractivity contribution in [2.45, 2.75) is 97.3 Å². The fourth-order valence-electron chi connectivity index (χ4n) is 2.31. The Kier molecular flexibility index (Phi) is 16.5. The van der Waals surface area contributed by atoms with Gasteiger partial charge in [-0.05, 0) is 12.8 Å². The summed E-state index contributed by atoms with van der Waals surface area (Å²) in [5.74, 6) is -0.588. The van der Waals surface area contributed by atoms with Crippen molar-refractivity contribution in [3.05, 3.63) is 0 Å². The summed E-state index contributed by atoms with van der Waals surface area (Å²) in [4.78, 5) is 23.0. The maximum absolute atomic E-state index is 11.5. The lowest BCUT2D eigenvalue weighted by atomic mass is 10.1. The minimum absolute atomic E-state index is 0.129. The molecule has 0 aromatic carbocycles. The highest BCUT2D eigenvalue weighted by molar-refractivity contribution is 5.77. The molecular weight excluding hydrogens is 292 g/mol. The maximum atomic E-state index is 11.5. The molecule has 0 radical (unpaired) electrons. The van der Waals surface area contributed by atoms with Crippen LogP contribution in [0.25, 0.3) is 0 Å². The van der Waals surface area contributed by atoms with Crippen molar-refractivity contribution in [3.8, 4) is 0 Å². The fraction of sp³-hybridized carbons (Fsp3) is 0.895. The molecule has 0 aromatic rings. The predicted octanol–water partition coefficient (Wildman–Crippen LogP) is 5.18. The molecule has 0 aromatic heterocycles. The van der Waals surface area contributed by atoms with Crippen LogP contribution in [-0.4, -0.2) is 25.2 Å². The Morgan fingerprint density at radius 3 is 1.30 bits per heavy atom. The molecule has 4 nitrogen and oxygen atoms in total. The van der Waals surface area contributed by atoms with E-state index in [1.165, 1.54) is 44.9 Å². The van der Waals surface area contributed by atoms with Gasteiger partial charge < -0.3 is 9.47 Å². The van der Waals surface area contributed by atoms with Gasteiger partial charge in [0.05, 0.1) is 26.1 Å². The largest absolute Gasteiger partial charge is 0.466 e. The molecular formula is C19H36O4. The van der Waals surface area contributed by atoms with Crippen molar-refractivity contribution in [3.63, 3.8) is 0 Å². The van der Waals surface area contributed by atoms with Crippen molar-refractivity contribution in [1.82, 2.24) is 0 Å². The van der Waals surface area contributed by atoms with Crippen LogP contribution in [0.5, 0.6) is 0 Å². The molecule has 0 amide bonds. The van der Waals surface area contributed by atoms with E-state index >= 15 is 0 Å². The van der Waals surface area contributed by atoms with Crippen molar-refractivity contribution in [1.29, 1.82) is 0 Å². The number of hydrogen-bond acceptors (Lipinski definition) is 4.